The van der Waals surface area contributed by atoms with Crippen LogP contribution in [0.4, 0.5) is 13.2 Å². The molecule has 0 radical (unpaired) electrons. The van der Waals surface area contributed by atoms with Crippen molar-refractivity contribution in [1.82, 2.24) is 0 Å². The molecule has 0 aliphatic carbocycles. The SMILES string of the molecule is CCc1ccc(C(O)=CC(=O)C(F)(F)F)cc1. The average molecular weight is 244 g/mol. The Bertz CT molecular complexity index is 430. The summed E-state index contributed by atoms with van der Waals surface area (Å²) in [6.07, 6.45) is -4.00. The smallest absolute Gasteiger partial charge is 0.454 e. The number of benzene rings is 1. The largest absolute Gasteiger partial charge is 0.507 e. The van der Waals surface area contributed by atoms with Crippen LogP contribution in [0.3, 0.4) is 0 Å². The third-order valence-electron chi connectivity index (χ3n) is 2.21. The molecule has 0 bridgehead atoms. The molecule has 0 saturated carbocycles. The van der Waals surface area contributed by atoms with E-state index in [2.05, 4.69) is 0 Å². The maximum Gasteiger partial charge on any atom is 0.454 e. The van der Waals surface area contributed by atoms with Crippen molar-refractivity contribution in [3.05, 3.63) is 41.5 Å². The first-order chi connectivity index (χ1) is 7.84. The second-order valence-electron chi connectivity index (χ2n) is 3.44. The van der Waals surface area contributed by atoms with E-state index in [1.165, 1.54) is 12.1 Å². The molecule has 0 spiro atoms. The van der Waals surface area contributed by atoms with Crippen LogP contribution in [0.25, 0.3) is 5.76 Å². The molecule has 0 atom stereocenters. The van der Waals surface area contributed by atoms with Crippen molar-refractivity contribution in [2.24, 2.45) is 0 Å². The summed E-state index contributed by atoms with van der Waals surface area (Å²) in [5, 5.41) is 9.36. The number of hydrogen-bond donors (Lipinski definition) is 1. The third-order valence-corrected chi connectivity index (χ3v) is 2.21. The summed E-state index contributed by atoms with van der Waals surface area (Å²) in [6, 6.07) is 6.29. The molecule has 0 aromatic heterocycles. The molecule has 0 aliphatic rings. The molecule has 1 rings (SSSR count). The van der Waals surface area contributed by atoms with Gasteiger partial charge in [-0.25, -0.2) is 0 Å². The Morgan fingerprint density at radius 1 is 1.29 bits per heavy atom. The summed E-state index contributed by atoms with van der Waals surface area (Å²) in [6.45, 7) is 1.93. The molecule has 0 aliphatic heterocycles. The number of alkyl halides is 3. The molecule has 0 fully saturated rings. The molecule has 2 nitrogen and oxygen atoms in total. The molecule has 1 aromatic rings. The zero-order valence-electron chi connectivity index (χ0n) is 9.08. The van der Waals surface area contributed by atoms with Gasteiger partial charge in [0.1, 0.15) is 5.76 Å². The first-order valence-electron chi connectivity index (χ1n) is 4.95. The zero-order chi connectivity index (χ0) is 13.1. The molecule has 0 heterocycles. The number of hydrogen-bond acceptors (Lipinski definition) is 2. The summed E-state index contributed by atoms with van der Waals surface area (Å²) < 4.78 is 35.8. The van der Waals surface area contributed by atoms with Crippen molar-refractivity contribution in [2.75, 3.05) is 0 Å². The average Bonchev–Trinajstić information content (AvgIpc) is 2.27. The second kappa shape index (κ2) is 5.03. The molecule has 0 amide bonds. The van der Waals surface area contributed by atoms with Crippen molar-refractivity contribution in [2.45, 2.75) is 19.5 Å². The Kier molecular flexibility index (Phi) is 3.93. The highest BCUT2D eigenvalue weighted by Crippen LogP contribution is 2.20. The summed E-state index contributed by atoms with van der Waals surface area (Å²) >= 11 is 0. The van der Waals surface area contributed by atoms with Crippen LogP contribution < -0.4 is 0 Å². The fourth-order valence-electron chi connectivity index (χ4n) is 1.20. The molecular formula is C12H11F3O2. The van der Waals surface area contributed by atoms with Gasteiger partial charge in [0.15, 0.2) is 0 Å². The van der Waals surface area contributed by atoms with Crippen LogP contribution in [0.5, 0.6) is 0 Å². The van der Waals surface area contributed by atoms with Gasteiger partial charge in [0.05, 0.1) is 0 Å². The van der Waals surface area contributed by atoms with Crippen LogP contribution in [0.2, 0.25) is 0 Å². The van der Waals surface area contributed by atoms with Gasteiger partial charge in [0.25, 0.3) is 5.78 Å². The van der Waals surface area contributed by atoms with Crippen molar-refractivity contribution < 1.29 is 23.1 Å². The van der Waals surface area contributed by atoms with Crippen molar-refractivity contribution >= 4 is 11.5 Å². The monoisotopic (exact) mass is 244 g/mol. The maximum absolute atomic E-state index is 11.9. The highest BCUT2D eigenvalue weighted by Gasteiger charge is 2.36. The van der Waals surface area contributed by atoms with Crippen LogP contribution in [0, 0.1) is 0 Å². The van der Waals surface area contributed by atoms with Gasteiger partial charge in [-0.15, -0.1) is 0 Å². The molecule has 17 heavy (non-hydrogen) atoms. The lowest BCUT2D eigenvalue weighted by Crippen LogP contribution is -2.20. The Morgan fingerprint density at radius 3 is 2.24 bits per heavy atom. The van der Waals surface area contributed by atoms with E-state index in [0.717, 1.165) is 12.0 Å². The topological polar surface area (TPSA) is 37.3 Å². The van der Waals surface area contributed by atoms with Gasteiger partial charge in [-0.2, -0.15) is 13.2 Å². The van der Waals surface area contributed by atoms with E-state index >= 15 is 0 Å². The predicted octanol–water partition coefficient (Wildman–Crippen LogP) is 3.28. The van der Waals surface area contributed by atoms with Crippen molar-refractivity contribution in [1.29, 1.82) is 0 Å². The summed E-state index contributed by atoms with van der Waals surface area (Å²) in [4.78, 5) is 10.6. The lowest BCUT2D eigenvalue weighted by atomic mass is 10.1. The molecule has 92 valence electrons. The lowest BCUT2D eigenvalue weighted by molar-refractivity contribution is -0.165. The van der Waals surface area contributed by atoms with Gasteiger partial charge in [-0.05, 0) is 12.0 Å². The Balaban J connectivity index is 2.92. The van der Waals surface area contributed by atoms with Gasteiger partial charge in [0.2, 0.25) is 0 Å². The second-order valence-corrected chi connectivity index (χ2v) is 3.44. The Morgan fingerprint density at radius 2 is 1.82 bits per heavy atom. The predicted molar refractivity (Wildman–Crippen MR) is 57.5 cm³/mol. The Labute approximate surface area is 96.4 Å². The fraction of sp³-hybridized carbons (Fsp3) is 0.250. The number of ketones is 1. The molecule has 0 saturated heterocycles. The number of carbonyl (C=O) groups is 1. The van der Waals surface area contributed by atoms with E-state index in [-0.39, 0.29) is 11.6 Å². The molecule has 5 heteroatoms. The quantitative estimate of drug-likeness (QED) is 0.654. The number of allylic oxidation sites excluding steroid dienone is 1. The van der Waals surface area contributed by atoms with Crippen LogP contribution in [-0.4, -0.2) is 17.1 Å². The normalized spacial score (nSPS) is 12.6. The number of aliphatic hydroxyl groups excluding tert-OH is 1. The Hall–Kier alpha value is -1.78. The van der Waals surface area contributed by atoms with Crippen LogP contribution in [0.1, 0.15) is 18.1 Å². The van der Waals surface area contributed by atoms with Gasteiger partial charge >= 0.3 is 6.18 Å². The van der Waals surface area contributed by atoms with Gasteiger partial charge in [-0.1, -0.05) is 31.2 Å². The van der Waals surface area contributed by atoms with E-state index in [4.69, 9.17) is 0 Å². The van der Waals surface area contributed by atoms with Crippen LogP contribution >= 0.6 is 0 Å². The number of rotatable bonds is 3. The maximum atomic E-state index is 11.9. The van der Waals surface area contributed by atoms with Crippen LogP contribution in [0.15, 0.2) is 30.3 Å². The summed E-state index contributed by atoms with van der Waals surface area (Å²) in [7, 11) is 0. The lowest BCUT2D eigenvalue weighted by Gasteiger charge is -2.03. The highest BCUT2D eigenvalue weighted by molar-refractivity contribution is 5.99. The van der Waals surface area contributed by atoms with Crippen molar-refractivity contribution in [3.63, 3.8) is 0 Å². The van der Waals surface area contributed by atoms with E-state index < -0.39 is 17.7 Å². The number of aryl methyl sites for hydroxylation is 1. The van der Waals surface area contributed by atoms with Crippen molar-refractivity contribution in [3.8, 4) is 0 Å². The summed E-state index contributed by atoms with van der Waals surface area (Å²) in [5.74, 6) is -2.76. The van der Waals surface area contributed by atoms with Gasteiger partial charge < -0.3 is 5.11 Å². The van der Waals surface area contributed by atoms with E-state index in [1.807, 2.05) is 6.92 Å². The first kappa shape index (κ1) is 13.3. The van der Waals surface area contributed by atoms with Crippen LogP contribution in [-0.2, 0) is 11.2 Å². The third kappa shape index (κ3) is 3.62. The first-order valence-corrected chi connectivity index (χ1v) is 4.95. The number of carbonyl (C=O) groups excluding carboxylic acids is 1. The molecule has 1 aromatic carbocycles. The summed E-state index contributed by atoms with van der Waals surface area (Å²) in [5.41, 5.74) is 1.17. The minimum Gasteiger partial charge on any atom is -0.507 e. The minimum atomic E-state index is -4.96. The van der Waals surface area contributed by atoms with E-state index in [1.54, 1.807) is 12.1 Å². The number of halogens is 3. The molecule has 0 unspecified atom stereocenters. The standard InChI is InChI=1S/C12H11F3O2/c1-2-8-3-5-9(6-4-8)10(16)7-11(17)12(13,14)15/h3-7,16H,2H2,1H3. The minimum absolute atomic E-state index is 0.180. The van der Waals surface area contributed by atoms with Gasteiger partial charge in [-0.3, -0.25) is 4.79 Å². The highest BCUT2D eigenvalue weighted by atomic mass is 19.4. The molecular weight excluding hydrogens is 233 g/mol. The van der Waals surface area contributed by atoms with Gasteiger partial charge in [0, 0.05) is 11.6 Å². The molecule has 1 N–H and O–H groups in total. The number of aliphatic hydroxyl groups is 1. The zero-order valence-corrected chi connectivity index (χ0v) is 9.08. The van der Waals surface area contributed by atoms with E-state index in [0.29, 0.717) is 0 Å². The van der Waals surface area contributed by atoms with E-state index in [9.17, 15) is 23.1 Å². The fourth-order valence-corrected chi connectivity index (χ4v) is 1.20.